The first kappa shape index (κ1) is 16.8. The number of methoxy groups -OCH3 is 1. The highest BCUT2D eigenvalue weighted by Crippen LogP contribution is 2.15. The maximum absolute atomic E-state index is 12.3. The van der Waals surface area contributed by atoms with E-state index in [4.69, 9.17) is 16.3 Å². The molecule has 22 heavy (non-hydrogen) atoms. The molecule has 120 valence electrons. The van der Waals surface area contributed by atoms with E-state index in [9.17, 15) is 9.59 Å². The van der Waals surface area contributed by atoms with Crippen molar-refractivity contribution in [2.75, 3.05) is 25.5 Å². The Morgan fingerprint density at radius 3 is 2.64 bits per heavy atom. The minimum Gasteiger partial charge on any atom is -0.469 e. The Morgan fingerprint density at radius 1 is 1.36 bits per heavy atom. The third-order valence-electron chi connectivity index (χ3n) is 4.26. The number of halogens is 1. The van der Waals surface area contributed by atoms with Gasteiger partial charge in [-0.05, 0) is 25.1 Å². The minimum atomic E-state index is -0.169. The van der Waals surface area contributed by atoms with Crippen molar-refractivity contribution in [3.63, 3.8) is 0 Å². The van der Waals surface area contributed by atoms with E-state index in [1.54, 1.807) is 18.2 Å². The van der Waals surface area contributed by atoms with E-state index in [1.165, 1.54) is 12.0 Å². The normalized spacial score (nSPS) is 22.7. The lowest BCUT2D eigenvalue weighted by Crippen LogP contribution is -3.17. The first-order chi connectivity index (χ1) is 10.5. The molecular weight excluding hydrogens is 304 g/mol. The third kappa shape index (κ3) is 4.21. The van der Waals surface area contributed by atoms with Crippen LogP contribution in [-0.2, 0) is 14.3 Å². The fourth-order valence-electron chi connectivity index (χ4n) is 2.83. The average Bonchev–Trinajstić information content (AvgIpc) is 2.53. The summed E-state index contributed by atoms with van der Waals surface area (Å²) in [6.45, 7) is 3.50. The number of hydrogen-bond donors (Lipinski definition) is 2. The summed E-state index contributed by atoms with van der Waals surface area (Å²) in [7, 11) is 1.42. The van der Waals surface area contributed by atoms with Crippen LogP contribution in [0.4, 0.5) is 5.69 Å². The van der Waals surface area contributed by atoms with Crippen molar-refractivity contribution < 1.29 is 19.2 Å². The Balaban J connectivity index is 1.88. The third-order valence-corrected chi connectivity index (χ3v) is 4.50. The maximum atomic E-state index is 12.3. The molecule has 2 rings (SSSR count). The van der Waals surface area contributed by atoms with E-state index in [0.717, 1.165) is 25.9 Å². The lowest BCUT2D eigenvalue weighted by atomic mass is 9.96. The number of esters is 1. The van der Waals surface area contributed by atoms with Gasteiger partial charge in [0.25, 0.3) is 5.91 Å². The van der Waals surface area contributed by atoms with Crippen molar-refractivity contribution in [1.29, 1.82) is 0 Å². The zero-order valence-corrected chi connectivity index (χ0v) is 13.7. The largest absolute Gasteiger partial charge is 0.469 e. The Labute approximate surface area is 135 Å². The van der Waals surface area contributed by atoms with Crippen LogP contribution in [0.2, 0.25) is 5.02 Å². The van der Waals surface area contributed by atoms with Gasteiger partial charge in [0.2, 0.25) is 0 Å². The number of quaternary nitrogens is 1. The van der Waals surface area contributed by atoms with Crippen LogP contribution in [0.3, 0.4) is 0 Å². The first-order valence-electron chi connectivity index (χ1n) is 7.50. The van der Waals surface area contributed by atoms with Gasteiger partial charge >= 0.3 is 5.97 Å². The van der Waals surface area contributed by atoms with Gasteiger partial charge in [0.05, 0.1) is 26.1 Å². The molecule has 1 aromatic rings. The molecule has 1 aliphatic heterocycles. The number of carbonyl (C=O) groups is 2. The highest BCUT2D eigenvalue weighted by molar-refractivity contribution is 6.30. The number of anilines is 1. The number of nitrogens with one attached hydrogen (secondary N) is 2. The number of carbonyl (C=O) groups excluding carboxylic acids is 2. The highest BCUT2D eigenvalue weighted by Gasteiger charge is 2.33. The van der Waals surface area contributed by atoms with E-state index in [-0.39, 0.29) is 23.8 Å². The molecule has 2 N–H and O–H groups in total. The molecule has 0 radical (unpaired) electrons. The summed E-state index contributed by atoms with van der Waals surface area (Å²) in [6, 6.07) is 6.94. The first-order valence-corrected chi connectivity index (χ1v) is 7.88. The molecule has 6 heteroatoms. The molecule has 1 saturated heterocycles. The van der Waals surface area contributed by atoms with Gasteiger partial charge in [-0.15, -0.1) is 0 Å². The summed E-state index contributed by atoms with van der Waals surface area (Å²) in [6.07, 6.45) is 1.52. The number of ether oxygens (including phenoxy) is 1. The maximum Gasteiger partial charge on any atom is 0.309 e. The Bertz CT molecular complexity index is 542. The van der Waals surface area contributed by atoms with E-state index in [0.29, 0.717) is 10.7 Å². The second-order valence-corrected chi connectivity index (χ2v) is 6.11. The van der Waals surface area contributed by atoms with Crippen molar-refractivity contribution in [1.82, 2.24) is 0 Å². The van der Waals surface area contributed by atoms with Crippen molar-refractivity contribution >= 4 is 29.2 Å². The van der Waals surface area contributed by atoms with Gasteiger partial charge in [-0.2, -0.15) is 0 Å². The number of rotatable bonds is 4. The minimum absolute atomic E-state index is 0.0306. The molecule has 5 nitrogen and oxygen atoms in total. The summed E-state index contributed by atoms with van der Waals surface area (Å²) in [5.41, 5.74) is 0.702. The zero-order valence-electron chi connectivity index (χ0n) is 12.9. The molecule has 1 heterocycles. The summed E-state index contributed by atoms with van der Waals surface area (Å²) < 4.78 is 4.78. The van der Waals surface area contributed by atoms with Crippen LogP contribution in [0.15, 0.2) is 24.3 Å². The molecule has 0 spiro atoms. The Morgan fingerprint density at radius 2 is 2.05 bits per heavy atom. The van der Waals surface area contributed by atoms with Crippen molar-refractivity contribution in [2.45, 2.75) is 25.8 Å². The van der Waals surface area contributed by atoms with Crippen molar-refractivity contribution in [2.24, 2.45) is 5.92 Å². The number of amides is 1. The van der Waals surface area contributed by atoms with Gasteiger partial charge in [-0.3, -0.25) is 9.59 Å². The molecule has 1 aliphatic rings. The molecule has 1 atom stereocenters. The van der Waals surface area contributed by atoms with Gasteiger partial charge in [-0.25, -0.2) is 0 Å². The Hall–Kier alpha value is -1.59. The fourth-order valence-corrected chi connectivity index (χ4v) is 3.02. The predicted octanol–water partition coefficient (Wildman–Crippen LogP) is 1.13. The second-order valence-electron chi connectivity index (χ2n) is 5.68. The van der Waals surface area contributed by atoms with E-state index < -0.39 is 0 Å². The summed E-state index contributed by atoms with van der Waals surface area (Å²) in [4.78, 5) is 25.0. The van der Waals surface area contributed by atoms with E-state index in [2.05, 4.69) is 5.32 Å². The van der Waals surface area contributed by atoms with Crippen LogP contribution >= 0.6 is 11.6 Å². The SMILES string of the molecule is COC(=O)C1CC[NH+]([C@H](C)C(=O)Nc2cccc(Cl)c2)CC1. The number of hydrogen-bond acceptors (Lipinski definition) is 3. The summed E-state index contributed by atoms with van der Waals surface area (Å²) in [5, 5.41) is 3.48. The monoisotopic (exact) mass is 325 g/mol. The van der Waals surface area contributed by atoms with Crippen LogP contribution in [0, 0.1) is 5.92 Å². The molecule has 1 amide bonds. The molecule has 0 unspecified atom stereocenters. The summed E-state index contributed by atoms with van der Waals surface area (Å²) in [5.74, 6) is -0.208. The fraction of sp³-hybridized carbons (Fsp3) is 0.500. The average molecular weight is 326 g/mol. The van der Waals surface area contributed by atoms with Crippen LogP contribution in [0.5, 0.6) is 0 Å². The summed E-state index contributed by atoms with van der Waals surface area (Å²) >= 11 is 5.92. The zero-order chi connectivity index (χ0) is 16.1. The molecule has 0 aliphatic carbocycles. The molecule has 1 fully saturated rings. The Kier molecular flexibility index (Phi) is 5.80. The molecule has 1 aromatic carbocycles. The lowest BCUT2D eigenvalue weighted by Gasteiger charge is -2.31. The van der Waals surface area contributed by atoms with E-state index in [1.807, 2.05) is 13.0 Å². The van der Waals surface area contributed by atoms with Crippen molar-refractivity contribution in [3.8, 4) is 0 Å². The van der Waals surface area contributed by atoms with Crippen LogP contribution < -0.4 is 10.2 Å². The van der Waals surface area contributed by atoms with Gasteiger partial charge in [-0.1, -0.05) is 17.7 Å². The topological polar surface area (TPSA) is 59.8 Å². The highest BCUT2D eigenvalue weighted by atomic mass is 35.5. The number of piperidine rings is 1. The van der Waals surface area contributed by atoms with Gasteiger partial charge in [0.15, 0.2) is 6.04 Å². The van der Waals surface area contributed by atoms with Crippen LogP contribution in [0.25, 0.3) is 0 Å². The predicted molar refractivity (Wildman–Crippen MR) is 85.0 cm³/mol. The quantitative estimate of drug-likeness (QED) is 0.816. The lowest BCUT2D eigenvalue weighted by molar-refractivity contribution is -0.919. The van der Waals surface area contributed by atoms with E-state index >= 15 is 0 Å². The van der Waals surface area contributed by atoms with Gasteiger partial charge in [0, 0.05) is 23.6 Å². The standard InChI is InChI=1S/C16H21ClN2O3/c1-11(15(20)18-14-5-3-4-13(17)10-14)19-8-6-12(7-9-19)16(21)22-2/h3-5,10-12H,6-9H2,1-2H3,(H,18,20)/p+1/t11-/m1/s1. The number of likely N-dealkylation sites (tertiary alicyclic amines) is 1. The smallest absolute Gasteiger partial charge is 0.309 e. The van der Waals surface area contributed by atoms with Crippen LogP contribution in [0.1, 0.15) is 19.8 Å². The second kappa shape index (κ2) is 7.61. The molecule has 0 aromatic heterocycles. The van der Waals surface area contributed by atoms with Crippen molar-refractivity contribution in [3.05, 3.63) is 29.3 Å². The molecule has 0 saturated carbocycles. The molecule has 0 bridgehead atoms. The van der Waals surface area contributed by atoms with Crippen LogP contribution in [-0.4, -0.2) is 38.1 Å². The molecular formula is C16H22ClN2O3+. The van der Waals surface area contributed by atoms with Gasteiger partial charge in [0.1, 0.15) is 0 Å². The van der Waals surface area contributed by atoms with Gasteiger partial charge < -0.3 is 15.0 Å². The number of benzene rings is 1.